The fraction of sp³-hybridized carbons (Fsp3) is 0.308. The van der Waals surface area contributed by atoms with Crippen molar-refractivity contribution in [3.63, 3.8) is 0 Å². The molecule has 0 amide bonds. The molecule has 0 bridgehead atoms. The topological polar surface area (TPSA) is 38.0 Å². The second-order valence-corrected chi connectivity index (χ2v) is 5.75. The van der Waals surface area contributed by atoms with Crippen LogP contribution in [0.25, 0.3) is 0 Å². The maximum Gasteiger partial charge on any atom is 0.124 e. The van der Waals surface area contributed by atoms with Crippen LogP contribution in [-0.4, -0.2) is 14.9 Å². The van der Waals surface area contributed by atoms with Gasteiger partial charge in [-0.2, -0.15) is 5.10 Å². The number of rotatable bonds is 3. The van der Waals surface area contributed by atoms with E-state index in [1.807, 2.05) is 13.8 Å². The van der Waals surface area contributed by atoms with Gasteiger partial charge in [0, 0.05) is 16.1 Å². The van der Waals surface area contributed by atoms with Crippen molar-refractivity contribution in [2.45, 2.75) is 26.0 Å². The largest absolute Gasteiger partial charge is 0.382 e. The number of halogens is 3. The van der Waals surface area contributed by atoms with E-state index in [-0.39, 0.29) is 11.9 Å². The molecule has 1 aromatic carbocycles. The van der Waals surface area contributed by atoms with Gasteiger partial charge in [-0.15, -0.1) is 0 Å². The van der Waals surface area contributed by atoms with Crippen molar-refractivity contribution in [3.05, 3.63) is 51.0 Å². The van der Waals surface area contributed by atoms with Crippen molar-refractivity contribution < 1.29 is 9.50 Å². The van der Waals surface area contributed by atoms with Gasteiger partial charge in [-0.05, 0) is 26.0 Å². The summed E-state index contributed by atoms with van der Waals surface area (Å²) in [4.78, 5) is 0. The number of benzene rings is 1. The predicted molar refractivity (Wildman–Crippen MR) is 75.8 cm³/mol. The molecule has 6 heteroatoms. The molecule has 0 radical (unpaired) electrons. The van der Waals surface area contributed by atoms with Crippen LogP contribution in [0.2, 0.25) is 5.02 Å². The monoisotopic (exact) mass is 346 g/mol. The minimum Gasteiger partial charge on any atom is -0.382 e. The molecule has 3 nitrogen and oxygen atoms in total. The fourth-order valence-corrected chi connectivity index (χ4v) is 2.69. The summed E-state index contributed by atoms with van der Waals surface area (Å²) in [5.74, 6) is -0.369. The minimum absolute atomic E-state index is 0.0661. The van der Waals surface area contributed by atoms with Gasteiger partial charge < -0.3 is 5.11 Å². The molecular weight excluding hydrogens is 335 g/mol. The van der Waals surface area contributed by atoms with Crippen LogP contribution in [0.5, 0.6) is 0 Å². The van der Waals surface area contributed by atoms with Gasteiger partial charge in [0.15, 0.2) is 0 Å². The summed E-state index contributed by atoms with van der Waals surface area (Å²) in [5.41, 5.74) is 1.05. The van der Waals surface area contributed by atoms with Gasteiger partial charge in [0.05, 0.1) is 16.9 Å². The average molecular weight is 348 g/mol. The Morgan fingerprint density at radius 1 is 1.42 bits per heavy atom. The zero-order chi connectivity index (χ0) is 14.2. The van der Waals surface area contributed by atoms with E-state index in [1.54, 1.807) is 4.68 Å². The molecule has 1 atom stereocenters. The Morgan fingerprint density at radius 2 is 2.11 bits per heavy atom. The van der Waals surface area contributed by atoms with Gasteiger partial charge in [0.25, 0.3) is 0 Å². The lowest BCUT2D eigenvalue weighted by molar-refractivity contribution is 0.204. The number of aliphatic hydroxyl groups excluding tert-OH is 1. The highest BCUT2D eigenvalue weighted by Crippen LogP contribution is 2.33. The standard InChI is InChI=1S/C13H13BrClFN2O/c1-7(2)18-12(11(15)6-17-18)13(19)9-4-3-8(16)5-10(9)14/h3-7,13,19H,1-2H3. The van der Waals surface area contributed by atoms with E-state index < -0.39 is 6.10 Å². The lowest BCUT2D eigenvalue weighted by atomic mass is 10.1. The first-order chi connectivity index (χ1) is 8.91. The average Bonchev–Trinajstić information content (AvgIpc) is 2.70. The predicted octanol–water partition coefficient (Wildman–Crippen LogP) is 4.10. The Hall–Kier alpha value is -0.910. The second-order valence-electron chi connectivity index (χ2n) is 4.48. The summed E-state index contributed by atoms with van der Waals surface area (Å²) < 4.78 is 15.2. The van der Waals surface area contributed by atoms with E-state index in [0.29, 0.717) is 20.8 Å². The molecule has 0 aliphatic rings. The minimum atomic E-state index is -0.965. The van der Waals surface area contributed by atoms with E-state index in [1.165, 1.54) is 24.4 Å². The highest BCUT2D eigenvalue weighted by molar-refractivity contribution is 9.10. The number of aromatic nitrogens is 2. The van der Waals surface area contributed by atoms with E-state index in [2.05, 4.69) is 21.0 Å². The smallest absolute Gasteiger partial charge is 0.124 e. The molecule has 2 rings (SSSR count). The highest BCUT2D eigenvalue weighted by Gasteiger charge is 2.23. The van der Waals surface area contributed by atoms with Crippen LogP contribution in [0.3, 0.4) is 0 Å². The van der Waals surface area contributed by atoms with Crippen molar-refractivity contribution >= 4 is 27.5 Å². The fourth-order valence-electron chi connectivity index (χ4n) is 1.89. The molecular formula is C13H13BrClFN2O. The van der Waals surface area contributed by atoms with Gasteiger partial charge in [0.1, 0.15) is 11.9 Å². The first kappa shape index (κ1) is 14.5. The van der Waals surface area contributed by atoms with Crippen molar-refractivity contribution in [1.29, 1.82) is 0 Å². The Kier molecular flexibility index (Phi) is 4.28. The van der Waals surface area contributed by atoms with Crippen molar-refractivity contribution in [1.82, 2.24) is 9.78 Å². The molecule has 0 fully saturated rings. The van der Waals surface area contributed by atoms with Crippen LogP contribution in [0.15, 0.2) is 28.9 Å². The molecule has 0 saturated carbocycles. The number of aliphatic hydroxyl groups is 1. The van der Waals surface area contributed by atoms with Crippen molar-refractivity contribution in [3.8, 4) is 0 Å². The normalized spacial score (nSPS) is 13.0. The van der Waals surface area contributed by atoms with Crippen LogP contribution in [0.1, 0.15) is 37.3 Å². The van der Waals surface area contributed by atoms with Crippen LogP contribution in [0, 0.1) is 5.82 Å². The molecule has 2 aromatic rings. The molecule has 1 aromatic heterocycles. The van der Waals surface area contributed by atoms with Gasteiger partial charge in [-0.3, -0.25) is 4.68 Å². The maximum absolute atomic E-state index is 13.1. The van der Waals surface area contributed by atoms with Crippen LogP contribution in [0.4, 0.5) is 4.39 Å². The SMILES string of the molecule is CC(C)n1ncc(Cl)c1C(O)c1ccc(F)cc1Br. The van der Waals surface area contributed by atoms with E-state index in [4.69, 9.17) is 11.6 Å². The van der Waals surface area contributed by atoms with E-state index >= 15 is 0 Å². The molecule has 0 spiro atoms. The molecule has 0 aliphatic heterocycles. The summed E-state index contributed by atoms with van der Waals surface area (Å²) in [6.45, 7) is 3.89. The van der Waals surface area contributed by atoms with Gasteiger partial charge in [0.2, 0.25) is 0 Å². The molecule has 0 aliphatic carbocycles. The first-order valence-corrected chi connectivity index (χ1v) is 6.94. The van der Waals surface area contributed by atoms with Gasteiger partial charge in [-0.25, -0.2) is 4.39 Å². The zero-order valence-corrected chi connectivity index (χ0v) is 12.8. The van der Waals surface area contributed by atoms with Gasteiger partial charge in [-0.1, -0.05) is 33.6 Å². The molecule has 0 saturated heterocycles. The summed E-state index contributed by atoms with van der Waals surface area (Å²) in [7, 11) is 0. The van der Waals surface area contributed by atoms with E-state index in [0.717, 1.165) is 0 Å². The Labute approximate surface area is 124 Å². The third-order valence-corrected chi connectivity index (χ3v) is 3.77. The first-order valence-electron chi connectivity index (χ1n) is 5.77. The number of hydrogen-bond acceptors (Lipinski definition) is 2. The lowest BCUT2D eigenvalue weighted by Crippen LogP contribution is -2.13. The molecule has 102 valence electrons. The van der Waals surface area contributed by atoms with Crippen molar-refractivity contribution in [2.75, 3.05) is 0 Å². The molecule has 1 heterocycles. The summed E-state index contributed by atoms with van der Waals surface area (Å²) in [6, 6.07) is 4.20. The third kappa shape index (κ3) is 2.83. The Morgan fingerprint density at radius 3 is 2.68 bits per heavy atom. The zero-order valence-electron chi connectivity index (χ0n) is 10.4. The molecule has 19 heavy (non-hydrogen) atoms. The molecule has 1 unspecified atom stereocenters. The highest BCUT2D eigenvalue weighted by atomic mass is 79.9. The Balaban J connectivity index is 2.49. The maximum atomic E-state index is 13.1. The van der Waals surface area contributed by atoms with Gasteiger partial charge >= 0.3 is 0 Å². The molecule has 1 N–H and O–H groups in total. The number of hydrogen-bond donors (Lipinski definition) is 1. The number of nitrogens with zero attached hydrogens (tertiary/aromatic N) is 2. The van der Waals surface area contributed by atoms with Crippen LogP contribution < -0.4 is 0 Å². The Bertz CT molecular complexity index is 600. The summed E-state index contributed by atoms with van der Waals surface area (Å²) in [5, 5.41) is 15.0. The summed E-state index contributed by atoms with van der Waals surface area (Å²) >= 11 is 9.33. The van der Waals surface area contributed by atoms with Crippen LogP contribution >= 0.6 is 27.5 Å². The lowest BCUT2D eigenvalue weighted by Gasteiger charge is -2.18. The third-order valence-electron chi connectivity index (χ3n) is 2.79. The van der Waals surface area contributed by atoms with E-state index in [9.17, 15) is 9.50 Å². The van der Waals surface area contributed by atoms with Crippen molar-refractivity contribution in [2.24, 2.45) is 0 Å². The summed E-state index contributed by atoms with van der Waals surface area (Å²) in [6.07, 6.45) is 0.532. The second kappa shape index (κ2) is 5.61. The quantitative estimate of drug-likeness (QED) is 0.907. The van der Waals surface area contributed by atoms with Crippen LogP contribution in [-0.2, 0) is 0 Å².